The molecule has 4 nitrogen and oxygen atoms in total. The summed E-state index contributed by atoms with van der Waals surface area (Å²) in [6.45, 7) is 5.60. The molecule has 0 atom stereocenters. The summed E-state index contributed by atoms with van der Waals surface area (Å²) in [5.74, 6) is 0. The predicted octanol–water partition coefficient (Wildman–Crippen LogP) is 1.01. The van der Waals surface area contributed by atoms with Gasteiger partial charge >= 0.3 is 6.09 Å². The monoisotopic (exact) mass is 172 g/mol. The first kappa shape index (κ1) is 10.9. The van der Waals surface area contributed by atoms with E-state index in [2.05, 4.69) is 5.32 Å². The van der Waals surface area contributed by atoms with E-state index in [0.717, 1.165) is 0 Å². The molecule has 0 aliphatic carbocycles. The van der Waals surface area contributed by atoms with Crippen molar-refractivity contribution in [1.82, 2.24) is 5.32 Å². The van der Waals surface area contributed by atoms with Crippen molar-refractivity contribution in [2.45, 2.75) is 32.8 Å². The van der Waals surface area contributed by atoms with Crippen LogP contribution in [0.4, 0.5) is 4.79 Å². The van der Waals surface area contributed by atoms with Crippen LogP contribution in [0.25, 0.3) is 0 Å². The Kier molecular flexibility index (Phi) is 4.33. The molecule has 0 heterocycles. The van der Waals surface area contributed by atoms with Crippen LogP contribution >= 0.6 is 0 Å². The van der Waals surface area contributed by atoms with Crippen LogP contribution in [0, 0.1) is 0 Å². The lowest BCUT2D eigenvalue weighted by Gasteiger charge is -2.19. The van der Waals surface area contributed by atoms with Crippen molar-refractivity contribution in [1.29, 1.82) is 0 Å². The van der Waals surface area contributed by atoms with Gasteiger partial charge in [0.15, 0.2) is 6.29 Å². The zero-order valence-electron chi connectivity index (χ0n) is 7.64. The maximum atomic E-state index is 10.9. The van der Waals surface area contributed by atoms with Crippen LogP contribution in [0.2, 0.25) is 0 Å². The van der Waals surface area contributed by atoms with Gasteiger partial charge in [-0.3, -0.25) is 4.79 Å². The molecule has 0 saturated carbocycles. The van der Waals surface area contributed by atoms with E-state index in [1.54, 1.807) is 27.1 Å². The average molecular weight is 172 g/mol. The van der Waals surface area contributed by atoms with Gasteiger partial charge in [-0.05, 0) is 20.8 Å². The van der Waals surface area contributed by atoms with Gasteiger partial charge in [-0.1, -0.05) is 0 Å². The fraction of sp³-hybridized carbons (Fsp3) is 0.750. The summed E-state index contributed by atoms with van der Waals surface area (Å²) in [6, 6.07) is 0. The van der Waals surface area contributed by atoms with Crippen molar-refractivity contribution < 1.29 is 14.3 Å². The normalized spacial score (nSPS) is 10.6. The van der Waals surface area contributed by atoms with Crippen LogP contribution in [0.1, 0.15) is 27.2 Å². The Hall–Kier alpha value is -1.06. The molecule has 1 radical (unpaired) electrons. The molecular weight excluding hydrogens is 158 g/mol. The van der Waals surface area contributed by atoms with Crippen molar-refractivity contribution in [3.05, 3.63) is 0 Å². The minimum absolute atomic E-state index is 0.194. The van der Waals surface area contributed by atoms with Gasteiger partial charge in [0, 0.05) is 13.0 Å². The molecule has 4 heteroatoms. The molecule has 1 amide bonds. The summed E-state index contributed by atoms with van der Waals surface area (Å²) in [7, 11) is 0. The highest BCUT2D eigenvalue weighted by Gasteiger charge is 2.15. The summed E-state index contributed by atoms with van der Waals surface area (Å²) >= 11 is 0. The van der Waals surface area contributed by atoms with E-state index >= 15 is 0 Å². The lowest BCUT2D eigenvalue weighted by atomic mass is 10.2. The van der Waals surface area contributed by atoms with E-state index in [1.165, 1.54) is 0 Å². The number of rotatable bonds is 3. The molecule has 12 heavy (non-hydrogen) atoms. The van der Waals surface area contributed by atoms with Gasteiger partial charge in [-0.25, -0.2) is 4.79 Å². The molecule has 0 spiro atoms. The molecule has 1 N–H and O–H groups in total. The van der Waals surface area contributed by atoms with Gasteiger partial charge in [-0.2, -0.15) is 0 Å². The quantitative estimate of drug-likeness (QED) is 0.646. The third-order valence-electron chi connectivity index (χ3n) is 0.895. The van der Waals surface area contributed by atoms with E-state index in [1.807, 2.05) is 0 Å². The minimum Gasteiger partial charge on any atom is -0.444 e. The van der Waals surface area contributed by atoms with Crippen molar-refractivity contribution in [3.8, 4) is 0 Å². The number of hydrogen-bond acceptors (Lipinski definition) is 3. The van der Waals surface area contributed by atoms with Crippen LogP contribution < -0.4 is 5.32 Å². The largest absolute Gasteiger partial charge is 0.444 e. The second-order valence-electron chi connectivity index (χ2n) is 3.32. The summed E-state index contributed by atoms with van der Waals surface area (Å²) in [5, 5.41) is 2.42. The Balaban J connectivity index is 3.53. The Morgan fingerprint density at radius 3 is 2.50 bits per heavy atom. The highest BCUT2D eigenvalue weighted by atomic mass is 16.6. The summed E-state index contributed by atoms with van der Waals surface area (Å²) in [6.07, 6.45) is 1.36. The number of ether oxygens (including phenoxy) is 1. The zero-order valence-corrected chi connectivity index (χ0v) is 7.64. The summed E-state index contributed by atoms with van der Waals surface area (Å²) < 4.78 is 4.90. The van der Waals surface area contributed by atoms with Crippen LogP contribution in [0.15, 0.2) is 0 Å². The van der Waals surface area contributed by atoms with Gasteiger partial charge in [-0.15, -0.1) is 0 Å². The van der Waals surface area contributed by atoms with Gasteiger partial charge in [0.1, 0.15) is 5.60 Å². The minimum atomic E-state index is -0.502. The molecular formula is C8H14NO3. The molecule has 0 aliphatic rings. The number of hydrogen-bond donors (Lipinski definition) is 1. The fourth-order valence-corrected chi connectivity index (χ4v) is 0.530. The van der Waals surface area contributed by atoms with E-state index in [-0.39, 0.29) is 13.0 Å². The summed E-state index contributed by atoms with van der Waals surface area (Å²) in [5.41, 5.74) is -0.491. The topological polar surface area (TPSA) is 55.4 Å². The molecule has 69 valence electrons. The average Bonchev–Trinajstić information content (AvgIpc) is 1.84. The number of alkyl carbamates (subject to hydrolysis) is 1. The van der Waals surface area contributed by atoms with Gasteiger partial charge < -0.3 is 10.1 Å². The second-order valence-corrected chi connectivity index (χ2v) is 3.32. The molecule has 0 aromatic carbocycles. The van der Waals surface area contributed by atoms with Crippen LogP contribution in [-0.2, 0) is 9.53 Å². The number of carbonyl (C=O) groups excluding carboxylic acids is 2. The molecule has 0 aliphatic heterocycles. The molecule has 0 fully saturated rings. The Morgan fingerprint density at radius 1 is 1.50 bits per heavy atom. The molecule has 0 aromatic rings. The van der Waals surface area contributed by atoms with Crippen molar-refractivity contribution >= 4 is 12.4 Å². The molecule has 0 unspecified atom stereocenters. The van der Waals surface area contributed by atoms with Gasteiger partial charge in [0.25, 0.3) is 0 Å². The fourth-order valence-electron chi connectivity index (χ4n) is 0.530. The zero-order chi connectivity index (χ0) is 9.61. The van der Waals surface area contributed by atoms with Gasteiger partial charge in [0.2, 0.25) is 0 Å². The second kappa shape index (κ2) is 4.74. The molecule has 0 rings (SSSR count). The first-order chi connectivity index (χ1) is 5.45. The lowest BCUT2D eigenvalue weighted by Crippen LogP contribution is -2.33. The highest BCUT2D eigenvalue weighted by Crippen LogP contribution is 2.05. The van der Waals surface area contributed by atoms with Crippen LogP contribution in [0.5, 0.6) is 0 Å². The number of nitrogens with one attached hydrogen (secondary N) is 1. The standard InChI is InChI=1S/C8H14NO3/c1-8(2,3)12-7(11)9-5-4-6-10/h4-5H2,1-3H3,(H,9,11). The lowest BCUT2D eigenvalue weighted by molar-refractivity contribution is 0.0529. The predicted molar refractivity (Wildman–Crippen MR) is 44.5 cm³/mol. The first-order valence-corrected chi connectivity index (χ1v) is 3.77. The molecule has 0 aromatic heterocycles. The van der Waals surface area contributed by atoms with E-state index in [0.29, 0.717) is 0 Å². The Bertz CT molecular complexity index is 160. The van der Waals surface area contributed by atoms with E-state index < -0.39 is 11.7 Å². The van der Waals surface area contributed by atoms with E-state index in [9.17, 15) is 9.59 Å². The number of amides is 1. The maximum absolute atomic E-state index is 10.9. The van der Waals surface area contributed by atoms with Crippen molar-refractivity contribution in [3.63, 3.8) is 0 Å². The smallest absolute Gasteiger partial charge is 0.407 e. The first-order valence-electron chi connectivity index (χ1n) is 3.77. The number of carbonyl (C=O) groups is 1. The maximum Gasteiger partial charge on any atom is 0.407 e. The van der Waals surface area contributed by atoms with Gasteiger partial charge in [0.05, 0.1) is 0 Å². The van der Waals surface area contributed by atoms with Crippen molar-refractivity contribution in [2.75, 3.05) is 6.54 Å². The Labute approximate surface area is 72.3 Å². The van der Waals surface area contributed by atoms with Crippen LogP contribution in [-0.4, -0.2) is 24.5 Å². The third kappa shape index (κ3) is 7.05. The van der Waals surface area contributed by atoms with E-state index in [4.69, 9.17) is 4.74 Å². The summed E-state index contributed by atoms with van der Waals surface area (Å²) in [4.78, 5) is 20.6. The molecule has 0 saturated heterocycles. The SMILES string of the molecule is CC(C)(C)OC(=O)NCC[C]=O. The third-order valence-corrected chi connectivity index (χ3v) is 0.895. The Morgan fingerprint density at radius 2 is 2.08 bits per heavy atom. The van der Waals surface area contributed by atoms with Crippen molar-refractivity contribution in [2.24, 2.45) is 0 Å². The highest BCUT2D eigenvalue weighted by molar-refractivity contribution is 5.68. The van der Waals surface area contributed by atoms with Crippen LogP contribution in [0.3, 0.4) is 0 Å². The molecule has 0 bridgehead atoms.